The second-order valence-electron chi connectivity index (χ2n) is 5.69. The average Bonchev–Trinajstić information content (AvgIpc) is 3.05. The summed E-state index contributed by atoms with van der Waals surface area (Å²) in [7, 11) is 0. The van der Waals surface area contributed by atoms with Crippen LogP contribution in [0.3, 0.4) is 0 Å². The summed E-state index contributed by atoms with van der Waals surface area (Å²) in [6, 6.07) is 12.6. The average molecular weight is 310 g/mol. The predicted octanol–water partition coefficient (Wildman–Crippen LogP) is 2.75. The van der Waals surface area contributed by atoms with Crippen LogP contribution >= 0.6 is 0 Å². The molecule has 0 bridgehead atoms. The standard InChI is InChI=1S/C18H18N2O3/c1-12-14(17(21)20-11-5-8-16(20)18(22)23)9-10-15(19-12)13-6-3-2-4-7-13/h2-4,6-7,9-10,16H,5,8,11H2,1H3,(H,22,23). The SMILES string of the molecule is Cc1nc(-c2ccccc2)ccc1C(=O)N1CCCC1C(=O)O. The van der Waals surface area contributed by atoms with E-state index in [4.69, 9.17) is 0 Å². The minimum atomic E-state index is -0.942. The highest BCUT2D eigenvalue weighted by atomic mass is 16.4. The highest BCUT2D eigenvalue weighted by molar-refractivity contribution is 5.98. The van der Waals surface area contributed by atoms with E-state index in [1.165, 1.54) is 4.90 Å². The van der Waals surface area contributed by atoms with Crippen molar-refractivity contribution in [3.8, 4) is 11.3 Å². The molecule has 23 heavy (non-hydrogen) atoms. The monoisotopic (exact) mass is 310 g/mol. The van der Waals surface area contributed by atoms with E-state index in [1.54, 1.807) is 19.1 Å². The van der Waals surface area contributed by atoms with Gasteiger partial charge in [0.05, 0.1) is 17.0 Å². The Hall–Kier alpha value is -2.69. The first kappa shape index (κ1) is 15.2. The molecule has 0 radical (unpaired) electrons. The van der Waals surface area contributed by atoms with Gasteiger partial charge in [-0.05, 0) is 31.9 Å². The van der Waals surface area contributed by atoms with Crippen LogP contribution in [0.5, 0.6) is 0 Å². The van der Waals surface area contributed by atoms with Gasteiger partial charge in [-0.15, -0.1) is 0 Å². The number of amides is 1. The molecule has 1 atom stereocenters. The van der Waals surface area contributed by atoms with Crippen molar-refractivity contribution >= 4 is 11.9 Å². The highest BCUT2D eigenvalue weighted by Crippen LogP contribution is 2.23. The number of aromatic nitrogens is 1. The molecule has 2 aromatic rings. The van der Waals surface area contributed by atoms with Gasteiger partial charge in [-0.1, -0.05) is 30.3 Å². The summed E-state index contributed by atoms with van der Waals surface area (Å²) in [5.41, 5.74) is 2.88. The maximum Gasteiger partial charge on any atom is 0.326 e. The van der Waals surface area contributed by atoms with Crippen LogP contribution < -0.4 is 0 Å². The lowest BCUT2D eigenvalue weighted by Crippen LogP contribution is -2.40. The molecule has 1 aliphatic heterocycles. The Morgan fingerprint density at radius 1 is 1.17 bits per heavy atom. The molecule has 1 N–H and O–H groups in total. The van der Waals surface area contributed by atoms with Crippen molar-refractivity contribution in [1.82, 2.24) is 9.88 Å². The van der Waals surface area contributed by atoms with Crippen LogP contribution in [0.25, 0.3) is 11.3 Å². The molecule has 5 nitrogen and oxygen atoms in total. The molecule has 3 rings (SSSR count). The van der Waals surface area contributed by atoms with Crippen LogP contribution in [0.4, 0.5) is 0 Å². The molecule has 1 aliphatic rings. The first-order chi connectivity index (χ1) is 11.1. The number of rotatable bonds is 3. The number of likely N-dealkylation sites (tertiary alicyclic amines) is 1. The molecule has 1 unspecified atom stereocenters. The van der Waals surface area contributed by atoms with Crippen LogP contribution in [-0.2, 0) is 4.79 Å². The number of benzene rings is 1. The molecular formula is C18H18N2O3. The molecule has 1 amide bonds. The third-order valence-corrected chi connectivity index (χ3v) is 4.18. The van der Waals surface area contributed by atoms with Crippen LogP contribution in [0.1, 0.15) is 28.9 Å². The Bertz CT molecular complexity index is 743. The van der Waals surface area contributed by atoms with E-state index in [0.29, 0.717) is 24.2 Å². The molecule has 1 saturated heterocycles. The molecule has 0 aliphatic carbocycles. The zero-order valence-electron chi connectivity index (χ0n) is 12.9. The van der Waals surface area contributed by atoms with Crippen molar-refractivity contribution in [2.24, 2.45) is 0 Å². The zero-order valence-corrected chi connectivity index (χ0v) is 12.9. The number of pyridine rings is 1. The number of aryl methyl sites for hydroxylation is 1. The van der Waals surface area contributed by atoms with E-state index in [0.717, 1.165) is 17.7 Å². The van der Waals surface area contributed by atoms with Crippen molar-refractivity contribution in [2.75, 3.05) is 6.54 Å². The fraction of sp³-hybridized carbons (Fsp3) is 0.278. The van der Waals surface area contributed by atoms with Crippen LogP contribution in [0.2, 0.25) is 0 Å². The third-order valence-electron chi connectivity index (χ3n) is 4.18. The summed E-state index contributed by atoms with van der Waals surface area (Å²) < 4.78 is 0. The zero-order chi connectivity index (χ0) is 16.4. The summed E-state index contributed by atoms with van der Waals surface area (Å²) in [6.07, 6.45) is 1.23. The van der Waals surface area contributed by atoms with Gasteiger partial charge in [-0.25, -0.2) is 4.79 Å². The van der Waals surface area contributed by atoms with E-state index < -0.39 is 12.0 Å². The lowest BCUT2D eigenvalue weighted by molar-refractivity contribution is -0.141. The van der Waals surface area contributed by atoms with Crippen molar-refractivity contribution < 1.29 is 14.7 Å². The topological polar surface area (TPSA) is 70.5 Å². The van der Waals surface area contributed by atoms with Crippen molar-refractivity contribution in [3.63, 3.8) is 0 Å². The van der Waals surface area contributed by atoms with Crippen molar-refractivity contribution in [3.05, 3.63) is 53.7 Å². The fourth-order valence-electron chi connectivity index (χ4n) is 2.98. The number of carbonyl (C=O) groups excluding carboxylic acids is 1. The van der Waals surface area contributed by atoms with Gasteiger partial charge in [0.25, 0.3) is 5.91 Å². The second-order valence-corrected chi connectivity index (χ2v) is 5.69. The fourth-order valence-corrected chi connectivity index (χ4v) is 2.98. The maximum absolute atomic E-state index is 12.7. The number of carboxylic acids is 1. The van der Waals surface area contributed by atoms with E-state index in [2.05, 4.69) is 4.98 Å². The van der Waals surface area contributed by atoms with Gasteiger partial charge >= 0.3 is 5.97 Å². The number of nitrogens with zero attached hydrogens (tertiary/aromatic N) is 2. The molecule has 1 aromatic heterocycles. The summed E-state index contributed by atoms with van der Waals surface area (Å²) in [5.74, 6) is -1.19. The van der Waals surface area contributed by atoms with Crippen molar-refractivity contribution in [2.45, 2.75) is 25.8 Å². The molecule has 0 spiro atoms. The van der Waals surface area contributed by atoms with Crippen LogP contribution in [0, 0.1) is 6.92 Å². The Kier molecular flexibility index (Phi) is 4.10. The summed E-state index contributed by atoms with van der Waals surface area (Å²) >= 11 is 0. The molecule has 0 saturated carbocycles. The number of hydrogen-bond acceptors (Lipinski definition) is 3. The molecular weight excluding hydrogens is 292 g/mol. The number of hydrogen-bond donors (Lipinski definition) is 1. The highest BCUT2D eigenvalue weighted by Gasteiger charge is 2.35. The second kappa shape index (κ2) is 6.20. The van der Waals surface area contributed by atoms with Gasteiger partial charge in [0.15, 0.2) is 0 Å². The Balaban J connectivity index is 1.89. The van der Waals surface area contributed by atoms with Crippen LogP contribution in [0.15, 0.2) is 42.5 Å². The molecule has 1 fully saturated rings. The number of carboxylic acid groups (broad SMARTS) is 1. The summed E-state index contributed by atoms with van der Waals surface area (Å²) in [6.45, 7) is 2.27. The Morgan fingerprint density at radius 2 is 1.91 bits per heavy atom. The normalized spacial score (nSPS) is 17.3. The Morgan fingerprint density at radius 3 is 2.57 bits per heavy atom. The van der Waals surface area contributed by atoms with Gasteiger partial charge < -0.3 is 10.0 Å². The van der Waals surface area contributed by atoms with Gasteiger partial charge in [0, 0.05) is 12.1 Å². The van der Waals surface area contributed by atoms with Gasteiger partial charge in [0.1, 0.15) is 6.04 Å². The quantitative estimate of drug-likeness (QED) is 0.946. The van der Waals surface area contributed by atoms with Crippen molar-refractivity contribution in [1.29, 1.82) is 0 Å². The summed E-state index contributed by atoms with van der Waals surface area (Å²) in [5, 5.41) is 9.23. The lowest BCUT2D eigenvalue weighted by Gasteiger charge is -2.22. The third kappa shape index (κ3) is 2.95. The first-order valence-corrected chi connectivity index (χ1v) is 7.65. The van der Waals surface area contributed by atoms with E-state index in [-0.39, 0.29) is 5.91 Å². The minimum Gasteiger partial charge on any atom is -0.480 e. The maximum atomic E-state index is 12.7. The molecule has 118 valence electrons. The Labute approximate surface area is 134 Å². The molecule has 2 heterocycles. The van der Waals surface area contributed by atoms with Gasteiger partial charge in [0.2, 0.25) is 0 Å². The predicted molar refractivity (Wildman–Crippen MR) is 86.1 cm³/mol. The summed E-state index contributed by atoms with van der Waals surface area (Å²) in [4.78, 5) is 29.9. The number of carbonyl (C=O) groups is 2. The van der Waals surface area contributed by atoms with Crippen LogP contribution in [-0.4, -0.2) is 39.5 Å². The van der Waals surface area contributed by atoms with Gasteiger partial charge in [-0.2, -0.15) is 0 Å². The smallest absolute Gasteiger partial charge is 0.326 e. The van der Waals surface area contributed by atoms with E-state index in [1.807, 2.05) is 30.3 Å². The largest absolute Gasteiger partial charge is 0.480 e. The molecule has 5 heteroatoms. The number of aliphatic carboxylic acids is 1. The minimum absolute atomic E-state index is 0.250. The van der Waals surface area contributed by atoms with E-state index >= 15 is 0 Å². The van der Waals surface area contributed by atoms with Gasteiger partial charge in [-0.3, -0.25) is 9.78 Å². The molecule has 1 aromatic carbocycles. The van der Waals surface area contributed by atoms with E-state index in [9.17, 15) is 14.7 Å². The first-order valence-electron chi connectivity index (χ1n) is 7.65. The lowest BCUT2D eigenvalue weighted by atomic mass is 10.1.